The number of allylic oxidation sites excluding steroid dienone is 3. The van der Waals surface area contributed by atoms with Crippen molar-refractivity contribution in [2.45, 2.75) is 33.2 Å². The molecule has 1 aliphatic carbocycles. The Morgan fingerprint density at radius 1 is 1.22 bits per heavy atom. The van der Waals surface area contributed by atoms with Gasteiger partial charge in [0.1, 0.15) is 5.52 Å². The quantitative estimate of drug-likeness (QED) is 0.871. The largest absolute Gasteiger partial charge is 0.260 e. The van der Waals surface area contributed by atoms with Crippen LogP contribution in [0.25, 0.3) is 11.0 Å². The molecule has 1 aromatic heterocycles. The summed E-state index contributed by atoms with van der Waals surface area (Å²) in [4.78, 5) is 9.37. The molecule has 2 aliphatic rings. The van der Waals surface area contributed by atoms with Crippen LogP contribution >= 0.6 is 0 Å². The van der Waals surface area contributed by atoms with E-state index < -0.39 is 0 Å². The normalized spacial score (nSPS) is 17.6. The smallest absolute Gasteiger partial charge is 0.151 e. The van der Waals surface area contributed by atoms with Crippen molar-refractivity contribution in [3.8, 4) is 0 Å². The van der Waals surface area contributed by atoms with Crippen molar-refractivity contribution in [3.63, 3.8) is 0 Å². The highest BCUT2D eigenvalue weighted by molar-refractivity contribution is 6.18. The highest BCUT2D eigenvalue weighted by atomic mass is 15.4. The van der Waals surface area contributed by atoms with Crippen LogP contribution in [0.1, 0.15) is 38.8 Å². The standard InChI is InChI=1S/C18H19N5/c1-11(2)23-17-8-7-13(9-15(17)21-22-23)16-10-19-18(20-16)14-6-4-5-12(14)3/h4-5,7-9,11H,6,10H2,1-3H3. The van der Waals surface area contributed by atoms with Gasteiger partial charge in [0.25, 0.3) is 0 Å². The SMILES string of the molecule is CC1=C(C2=NCC(c3ccc4c(c3)nnn4C(C)C)=N2)CC=C1. The monoisotopic (exact) mass is 305 g/mol. The van der Waals surface area contributed by atoms with Crippen molar-refractivity contribution in [1.29, 1.82) is 0 Å². The van der Waals surface area contributed by atoms with Crippen LogP contribution in [0.4, 0.5) is 0 Å². The highest BCUT2D eigenvalue weighted by Crippen LogP contribution is 2.24. The Hall–Kier alpha value is -2.56. The zero-order chi connectivity index (χ0) is 16.0. The molecule has 5 heteroatoms. The second-order valence-electron chi connectivity index (χ2n) is 6.30. The summed E-state index contributed by atoms with van der Waals surface area (Å²) < 4.78 is 1.94. The third-order valence-corrected chi connectivity index (χ3v) is 4.35. The zero-order valence-electron chi connectivity index (χ0n) is 13.6. The van der Waals surface area contributed by atoms with E-state index in [4.69, 9.17) is 4.99 Å². The summed E-state index contributed by atoms with van der Waals surface area (Å²) in [5.41, 5.74) is 6.56. The van der Waals surface area contributed by atoms with E-state index in [1.165, 1.54) is 11.1 Å². The molecule has 23 heavy (non-hydrogen) atoms. The van der Waals surface area contributed by atoms with Crippen LogP contribution in [-0.4, -0.2) is 33.1 Å². The summed E-state index contributed by atoms with van der Waals surface area (Å²) in [6, 6.07) is 6.53. The maximum absolute atomic E-state index is 4.75. The first-order chi connectivity index (χ1) is 11.1. The molecule has 0 bridgehead atoms. The number of rotatable bonds is 3. The van der Waals surface area contributed by atoms with E-state index in [-0.39, 0.29) is 0 Å². The molecule has 1 aliphatic heterocycles. The lowest BCUT2D eigenvalue weighted by Gasteiger charge is -2.05. The van der Waals surface area contributed by atoms with Gasteiger partial charge in [-0.3, -0.25) is 4.99 Å². The summed E-state index contributed by atoms with van der Waals surface area (Å²) in [6.45, 7) is 6.96. The molecule has 2 heterocycles. The lowest BCUT2D eigenvalue weighted by Crippen LogP contribution is -2.04. The first-order valence-electron chi connectivity index (χ1n) is 7.97. The summed E-state index contributed by atoms with van der Waals surface area (Å²) in [6.07, 6.45) is 5.24. The molecular formula is C18H19N5. The van der Waals surface area contributed by atoms with E-state index in [0.717, 1.165) is 34.6 Å². The maximum atomic E-state index is 4.75. The Bertz CT molecular complexity index is 909. The molecule has 1 aromatic carbocycles. The number of hydrogen-bond acceptors (Lipinski definition) is 4. The molecule has 116 valence electrons. The molecule has 0 amide bonds. The Morgan fingerprint density at radius 2 is 2.09 bits per heavy atom. The molecule has 0 fully saturated rings. The van der Waals surface area contributed by atoms with Gasteiger partial charge in [0.2, 0.25) is 0 Å². The predicted molar refractivity (Wildman–Crippen MR) is 93.2 cm³/mol. The van der Waals surface area contributed by atoms with Crippen LogP contribution in [0, 0.1) is 0 Å². The average Bonchev–Trinajstić information content (AvgIpc) is 3.24. The Kier molecular flexibility index (Phi) is 3.22. The van der Waals surface area contributed by atoms with Crippen LogP contribution in [0.5, 0.6) is 0 Å². The van der Waals surface area contributed by atoms with E-state index >= 15 is 0 Å². The first-order valence-corrected chi connectivity index (χ1v) is 7.97. The lowest BCUT2D eigenvalue weighted by atomic mass is 10.1. The molecule has 2 aromatic rings. The second-order valence-corrected chi connectivity index (χ2v) is 6.30. The van der Waals surface area contributed by atoms with Gasteiger partial charge in [0.05, 0.1) is 17.8 Å². The first kappa shape index (κ1) is 14.1. The fourth-order valence-corrected chi connectivity index (χ4v) is 3.05. The number of benzene rings is 1. The summed E-state index contributed by atoms with van der Waals surface area (Å²) in [5.74, 6) is 0.883. The van der Waals surface area contributed by atoms with Gasteiger partial charge in [-0.05, 0) is 44.9 Å². The maximum Gasteiger partial charge on any atom is 0.151 e. The molecule has 0 spiro atoms. The van der Waals surface area contributed by atoms with Gasteiger partial charge in [-0.15, -0.1) is 5.10 Å². The van der Waals surface area contributed by atoms with Crippen molar-refractivity contribution in [2.24, 2.45) is 9.98 Å². The molecule has 0 saturated heterocycles. The summed E-state index contributed by atoms with van der Waals surface area (Å²) >= 11 is 0. The predicted octanol–water partition coefficient (Wildman–Crippen LogP) is 3.49. The molecule has 0 N–H and O–H groups in total. The van der Waals surface area contributed by atoms with Crippen molar-refractivity contribution in [2.75, 3.05) is 6.54 Å². The molecule has 0 atom stereocenters. The number of fused-ring (bicyclic) bond motifs is 1. The van der Waals surface area contributed by atoms with Crippen molar-refractivity contribution >= 4 is 22.6 Å². The Morgan fingerprint density at radius 3 is 2.83 bits per heavy atom. The zero-order valence-corrected chi connectivity index (χ0v) is 13.6. The van der Waals surface area contributed by atoms with E-state index in [1.54, 1.807) is 0 Å². The average molecular weight is 305 g/mol. The van der Waals surface area contributed by atoms with Crippen LogP contribution in [0.3, 0.4) is 0 Å². The topological polar surface area (TPSA) is 55.4 Å². The number of aromatic nitrogens is 3. The third kappa shape index (κ3) is 2.32. The number of hydrogen-bond donors (Lipinski definition) is 0. The summed E-state index contributed by atoms with van der Waals surface area (Å²) in [7, 11) is 0. The summed E-state index contributed by atoms with van der Waals surface area (Å²) in [5, 5.41) is 8.51. The van der Waals surface area contributed by atoms with Crippen LogP contribution in [0.15, 0.2) is 51.5 Å². The van der Waals surface area contributed by atoms with Crippen molar-refractivity contribution < 1.29 is 0 Å². The van der Waals surface area contributed by atoms with Crippen molar-refractivity contribution in [1.82, 2.24) is 15.0 Å². The molecule has 0 saturated carbocycles. The van der Waals surface area contributed by atoms with Gasteiger partial charge in [-0.25, -0.2) is 9.67 Å². The Labute approximate surface area is 135 Å². The molecule has 0 radical (unpaired) electrons. The van der Waals surface area contributed by atoms with Crippen molar-refractivity contribution in [3.05, 3.63) is 47.1 Å². The number of nitrogens with zero attached hydrogens (tertiary/aromatic N) is 5. The molecule has 0 unspecified atom stereocenters. The van der Waals surface area contributed by atoms with E-state index in [2.05, 4.69) is 66.4 Å². The van der Waals surface area contributed by atoms with Gasteiger partial charge in [-0.1, -0.05) is 23.4 Å². The molecule has 4 rings (SSSR count). The highest BCUT2D eigenvalue weighted by Gasteiger charge is 2.19. The van der Waals surface area contributed by atoms with Crippen LogP contribution < -0.4 is 0 Å². The lowest BCUT2D eigenvalue weighted by molar-refractivity contribution is 0.530. The van der Waals surface area contributed by atoms with Crippen LogP contribution in [0.2, 0.25) is 0 Å². The van der Waals surface area contributed by atoms with E-state index in [0.29, 0.717) is 12.6 Å². The minimum absolute atomic E-state index is 0.300. The minimum atomic E-state index is 0.300. The second kappa shape index (κ2) is 5.26. The minimum Gasteiger partial charge on any atom is -0.260 e. The third-order valence-electron chi connectivity index (χ3n) is 4.35. The molecule has 5 nitrogen and oxygen atoms in total. The van der Waals surface area contributed by atoms with Gasteiger partial charge >= 0.3 is 0 Å². The van der Waals surface area contributed by atoms with Gasteiger partial charge in [-0.2, -0.15) is 0 Å². The fraction of sp³-hybridized carbons (Fsp3) is 0.333. The number of amidine groups is 1. The van der Waals surface area contributed by atoms with E-state index in [1.807, 2.05) is 4.68 Å². The van der Waals surface area contributed by atoms with Gasteiger partial charge < -0.3 is 0 Å². The Balaban J connectivity index is 1.67. The van der Waals surface area contributed by atoms with Gasteiger partial charge in [0, 0.05) is 17.2 Å². The molecular weight excluding hydrogens is 286 g/mol. The fourth-order valence-electron chi connectivity index (χ4n) is 3.05. The van der Waals surface area contributed by atoms with E-state index in [9.17, 15) is 0 Å². The number of aliphatic imine (C=N–C) groups is 2. The van der Waals surface area contributed by atoms with Gasteiger partial charge in [0.15, 0.2) is 5.84 Å². The van der Waals surface area contributed by atoms with Crippen LogP contribution in [-0.2, 0) is 0 Å².